The maximum absolute atomic E-state index is 12.0. The van der Waals surface area contributed by atoms with E-state index in [0.29, 0.717) is 18.8 Å². The van der Waals surface area contributed by atoms with Crippen LogP contribution in [0.25, 0.3) is 0 Å². The zero-order chi connectivity index (χ0) is 20.6. The predicted octanol–water partition coefficient (Wildman–Crippen LogP) is 3.39. The molecule has 1 amide bonds. The second kappa shape index (κ2) is 8.51. The molecular weight excluding hydrogens is 376 g/mol. The number of likely N-dealkylation sites (tertiary alicyclic amines) is 1. The fraction of sp³-hybridized carbons (Fsp3) is 0.720. The van der Waals surface area contributed by atoms with Crippen LogP contribution in [0.15, 0.2) is 18.2 Å². The third-order valence-electron chi connectivity index (χ3n) is 7.99. The second-order valence-electron chi connectivity index (χ2n) is 10.0. The van der Waals surface area contributed by atoms with Gasteiger partial charge in [0.05, 0.1) is 6.61 Å². The summed E-state index contributed by atoms with van der Waals surface area (Å²) in [6.45, 7) is 4.47. The Morgan fingerprint density at radius 2 is 1.90 bits per heavy atom. The van der Waals surface area contributed by atoms with Crippen molar-refractivity contribution in [2.75, 3.05) is 26.2 Å². The predicted molar refractivity (Wildman–Crippen MR) is 117 cm³/mol. The maximum atomic E-state index is 12.0. The van der Waals surface area contributed by atoms with Gasteiger partial charge in [-0.05, 0) is 101 Å². The summed E-state index contributed by atoms with van der Waals surface area (Å²) in [5.41, 5.74) is 1.98. The van der Waals surface area contributed by atoms with Gasteiger partial charge in [-0.3, -0.25) is 4.79 Å². The summed E-state index contributed by atoms with van der Waals surface area (Å²) in [6.07, 6.45) is 10.7. The highest BCUT2D eigenvalue weighted by Crippen LogP contribution is 2.38. The van der Waals surface area contributed by atoms with Crippen LogP contribution < -0.4 is 10.1 Å². The number of hydrogen-bond acceptors (Lipinski definition) is 4. The van der Waals surface area contributed by atoms with Crippen molar-refractivity contribution in [1.29, 1.82) is 0 Å². The molecule has 164 valence electrons. The average molecular weight is 413 g/mol. The van der Waals surface area contributed by atoms with E-state index in [0.717, 1.165) is 37.5 Å². The monoisotopic (exact) mass is 412 g/mol. The minimum Gasteiger partial charge on any atom is -0.493 e. The number of carbonyl (C=O) groups excluding carboxylic acids is 1. The summed E-state index contributed by atoms with van der Waals surface area (Å²) < 4.78 is 5.76. The van der Waals surface area contributed by atoms with Crippen LogP contribution in [-0.4, -0.2) is 53.8 Å². The van der Waals surface area contributed by atoms with Crippen LogP contribution in [0.1, 0.15) is 74.8 Å². The molecule has 2 N–H and O–H groups in total. The van der Waals surface area contributed by atoms with Gasteiger partial charge in [0, 0.05) is 18.0 Å². The first-order valence-corrected chi connectivity index (χ1v) is 12.1. The molecule has 1 aromatic carbocycles. The Hall–Kier alpha value is -1.59. The first-order valence-electron chi connectivity index (χ1n) is 12.1. The number of ether oxygens (including phenoxy) is 1. The summed E-state index contributed by atoms with van der Waals surface area (Å²) in [6, 6.07) is 6.88. The third kappa shape index (κ3) is 4.38. The summed E-state index contributed by atoms with van der Waals surface area (Å²) in [4.78, 5) is 14.7. The van der Waals surface area contributed by atoms with E-state index in [4.69, 9.17) is 4.74 Å². The molecule has 0 spiro atoms. The second-order valence-corrected chi connectivity index (χ2v) is 10.0. The number of benzene rings is 1. The van der Waals surface area contributed by atoms with Crippen molar-refractivity contribution < 1.29 is 14.6 Å². The van der Waals surface area contributed by atoms with Gasteiger partial charge in [-0.2, -0.15) is 0 Å². The van der Waals surface area contributed by atoms with Crippen LogP contribution in [0.4, 0.5) is 0 Å². The van der Waals surface area contributed by atoms with E-state index in [1.807, 2.05) is 0 Å². The van der Waals surface area contributed by atoms with Crippen molar-refractivity contribution in [1.82, 2.24) is 10.2 Å². The van der Waals surface area contributed by atoms with Crippen LogP contribution in [-0.2, 0) is 11.2 Å². The average Bonchev–Trinajstić information content (AvgIpc) is 3.34. The van der Waals surface area contributed by atoms with Crippen LogP contribution in [0.2, 0.25) is 0 Å². The van der Waals surface area contributed by atoms with Crippen molar-refractivity contribution in [2.24, 2.45) is 5.92 Å². The number of nitrogens with one attached hydrogen (secondary N) is 1. The number of hydrogen-bond donors (Lipinski definition) is 2. The molecule has 0 atom stereocenters. The highest BCUT2D eigenvalue weighted by Gasteiger charge is 2.48. The van der Waals surface area contributed by atoms with Crippen molar-refractivity contribution in [3.05, 3.63) is 29.3 Å². The lowest BCUT2D eigenvalue weighted by atomic mass is 9.83. The Labute approximate surface area is 180 Å². The van der Waals surface area contributed by atoms with Gasteiger partial charge < -0.3 is 20.1 Å². The molecule has 5 nitrogen and oxygen atoms in total. The molecular formula is C25H36N2O3. The number of fused-ring (bicyclic) bond motifs is 1. The molecule has 1 aromatic rings. The number of carbonyl (C=O) groups is 1. The molecule has 2 aliphatic carbocycles. The summed E-state index contributed by atoms with van der Waals surface area (Å²) >= 11 is 0. The van der Waals surface area contributed by atoms with Crippen molar-refractivity contribution in [3.8, 4) is 5.75 Å². The van der Waals surface area contributed by atoms with Crippen molar-refractivity contribution >= 4 is 5.91 Å². The fourth-order valence-corrected chi connectivity index (χ4v) is 5.72. The van der Waals surface area contributed by atoms with Gasteiger partial charge in [-0.1, -0.05) is 12.1 Å². The molecule has 0 aromatic heterocycles. The highest BCUT2D eigenvalue weighted by molar-refractivity contribution is 5.87. The number of amides is 1. The number of piperidine rings is 1. The minimum absolute atomic E-state index is 0.135. The molecule has 30 heavy (non-hydrogen) atoms. The first-order chi connectivity index (χ1) is 14.6. The summed E-state index contributed by atoms with van der Waals surface area (Å²) in [5.74, 6) is 2.46. The van der Waals surface area contributed by atoms with E-state index in [9.17, 15) is 9.90 Å². The maximum Gasteiger partial charge on any atom is 0.252 e. The van der Waals surface area contributed by atoms with Crippen LogP contribution >= 0.6 is 0 Å². The number of rotatable bonds is 6. The molecule has 3 fully saturated rings. The topological polar surface area (TPSA) is 61.8 Å². The highest BCUT2D eigenvalue weighted by atomic mass is 16.5. The number of nitrogens with zero attached hydrogens (tertiary/aromatic N) is 1. The largest absolute Gasteiger partial charge is 0.493 e. The molecule has 4 aliphatic rings. The van der Waals surface area contributed by atoms with E-state index in [1.165, 1.54) is 57.3 Å². The van der Waals surface area contributed by atoms with E-state index < -0.39 is 5.60 Å². The SMILES string of the molecule is O=C(N[C@H]1CC[C@H](CCN2CCC(c3cccc4c3CCO4)CC2)CC1)C1(O)CC1. The standard InChI is InChI=1S/C25H36N2O3/c28-24(25(29)12-13-25)26-20-6-4-18(5-7-20)8-14-27-15-9-19(10-16-27)21-2-1-3-23-22(21)11-17-30-23/h1-3,18-20,29H,4-17H2,(H,26,28)/t18-,20-. The van der Waals surface area contributed by atoms with Crippen molar-refractivity contribution in [2.45, 2.75) is 81.8 Å². The molecule has 2 heterocycles. The van der Waals surface area contributed by atoms with Gasteiger partial charge in [-0.15, -0.1) is 0 Å². The molecule has 1 saturated heterocycles. The van der Waals surface area contributed by atoms with Gasteiger partial charge in [0.1, 0.15) is 11.4 Å². The normalized spacial score (nSPS) is 28.6. The van der Waals surface area contributed by atoms with Crippen LogP contribution in [0.3, 0.4) is 0 Å². The zero-order valence-electron chi connectivity index (χ0n) is 18.1. The van der Waals surface area contributed by atoms with E-state index >= 15 is 0 Å². The Balaban J connectivity index is 1.02. The Kier molecular flexibility index (Phi) is 5.76. The van der Waals surface area contributed by atoms with Gasteiger partial charge in [0.25, 0.3) is 5.91 Å². The van der Waals surface area contributed by atoms with Gasteiger partial charge in [-0.25, -0.2) is 0 Å². The quantitative estimate of drug-likeness (QED) is 0.752. The summed E-state index contributed by atoms with van der Waals surface area (Å²) in [5, 5.41) is 13.0. The van der Waals surface area contributed by atoms with Gasteiger partial charge >= 0.3 is 0 Å². The molecule has 0 radical (unpaired) electrons. The summed E-state index contributed by atoms with van der Waals surface area (Å²) in [7, 11) is 0. The molecule has 5 heteroatoms. The smallest absolute Gasteiger partial charge is 0.252 e. The zero-order valence-corrected chi connectivity index (χ0v) is 18.1. The Morgan fingerprint density at radius 1 is 1.13 bits per heavy atom. The molecule has 5 rings (SSSR count). The number of aliphatic hydroxyl groups is 1. The fourth-order valence-electron chi connectivity index (χ4n) is 5.72. The minimum atomic E-state index is -1.03. The third-order valence-corrected chi connectivity index (χ3v) is 7.99. The van der Waals surface area contributed by atoms with Crippen molar-refractivity contribution in [3.63, 3.8) is 0 Å². The van der Waals surface area contributed by atoms with E-state index in [-0.39, 0.29) is 11.9 Å². The Bertz CT molecular complexity index is 760. The molecule has 0 bridgehead atoms. The molecule has 2 aliphatic heterocycles. The van der Waals surface area contributed by atoms with Crippen LogP contribution in [0, 0.1) is 5.92 Å². The van der Waals surface area contributed by atoms with Gasteiger partial charge in [0.15, 0.2) is 0 Å². The lowest BCUT2D eigenvalue weighted by molar-refractivity contribution is -0.132. The van der Waals surface area contributed by atoms with E-state index in [2.05, 4.69) is 28.4 Å². The molecule has 0 unspecified atom stereocenters. The first kappa shape index (κ1) is 20.3. The lowest BCUT2D eigenvalue weighted by Crippen LogP contribution is -2.44. The Morgan fingerprint density at radius 3 is 2.63 bits per heavy atom. The van der Waals surface area contributed by atoms with Crippen LogP contribution in [0.5, 0.6) is 5.75 Å². The van der Waals surface area contributed by atoms with E-state index in [1.54, 1.807) is 5.56 Å². The lowest BCUT2D eigenvalue weighted by Gasteiger charge is -2.35. The molecule has 2 saturated carbocycles. The van der Waals surface area contributed by atoms with Gasteiger partial charge in [0.2, 0.25) is 0 Å².